The van der Waals surface area contributed by atoms with Crippen LogP contribution in [0.1, 0.15) is 16.2 Å². The molecule has 2 heterocycles. The molecule has 2 N–H and O–H groups in total. The van der Waals surface area contributed by atoms with Gasteiger partial charge in [0.15, 0.2) is 0 Å². The number of aromatic nitrogens is 4. The maximum atomic E-state index is 12.4. The van der Waals surface area contributed by atoms with E-state index < -0.39 is 0 Å². The van der Waals surface area contributed by atoms with Gasteiger partial charge in [-0.3, -0.25) is 4.79 Å². The Balaban J connectivity index is 1.54. The molecule has 8 nitrogen and oxygen atoms in total. The van der Waals surface area contributed by atoms with Gasteiger partial charge in [0.1, 0.15) is 17.5 Å². The molecule has 0 aliphatic heterocycles. The largest absolute Gasteiger partial charge is 0.368 e. The summed E-state index contributed by atoms with van der Waals surface area (Å²) in [6.07, 6.45) is 3.54. The van der Waals surface area contributed by atoms with E-state index in [0.717, 1.165) is 17.3 Å². The minimum Gasteiger partial charge on any atom is -0.368 e. The lowest BCUT2D eigenvalue weighted by atomic mass is 10.2. The molecular weight excluding hydrogens is 342 g/mol. The van der Waals surface area contributed by atoms with Crippen molar-refractivity contribution in [1.82, 2.24) is 25.1 Å². The van der Waals surface area contributed by atoms with Crippen molar-refractivity contribution in [3.63, 3.8) is 0 Å². The fraction of sp³-hybridized carbons (Fsp3) is 0.263. The number of benzene rings is 1. The van der Waals surface area contributed by atoms with E-state index in [1.54, 1.807) is 16.9 Å². The number of aryl methyl sites for hydroxylation is 1. The van der Waals surface area contributed by atoms with Gasteiger partial charge in [-0.15, -0.1) is 0 Å². The Bertz CT molecular complexity index is 906. The third kappa shape index (κ3) is 4.81. The summed E-state index contributed by atoms with van der Waals surface area (Å²) in [6.45, 7) is 2.89. The molecule has 0 spiro atoms. The zero-order valence-electron chi connectivity index (χ0n) is 15.7. The topological polar surface area (TPSA) is 88.0 Å². The zero-order chi connectivity index (χ0) is 19.2. The van der Waals surface area contributed by atoms with Crippen LogP contribution >= 0.6 is 0 Å². The molecule has 1 aromatic carbocycles. The first kappa shape index (κ1) is 18.4. The standard InChI is InChI=1S/C19H23N7O/c1-14-23-17(13-18(24-14)25(2)3)20-9-10-21-19(27)15-6-4-7-16(12-15)26-11-5-8-22-26/h4-8,11-13H,9-10H2,1-3H3,(H,21,27)(H,20,23,24). The number of carbonyl (C=O) groups is 1. The van der Waals surface area contributed by atoms with Gasteiger partial charge in [-0.2, -0.15) is 5.10 Å². The summed E-state index contributed by atoms with van der Waals surface area (Å²) in [5.41, 5.74) is 1.44. The van der Waals surface area contributed by atoms with E-state index in [-0.39, 0.29) is 5.91 Å². The van der Waals surface area contributed by atoms with Crippen LogP contribution < -0.4 is 15.5 Å². The highest BCUT2D eigenvalue weighted by Gasteiger charge is 2.07. The molecule has 0 bridgehead atoms. The molecular formula is C19H23N7O. The van der Waals surface area contributed by atoms with Crippen molar-refractivity contribution in [2.24, 2.45) is 0 Å². The van der Waals surface area contributed by atoms with Crippen LogP contribution in [-0.4, -0.2) is 52.8 Å². The van der Waals surface area contributed by atoms with Crippen molar-refractivity contribution in [2.45, 2.75) is 6.92 Å². The third-order valence-electron chi connectivity index (χ3n) is 3.88. The Morgan fingerprint density at radius 2 is 2.00 bits per heavy atom. The number of nitrogens with one attached hydrogen (secondary N) is 2. The van der Waals surface area contributed by atoms with Crippen molar-refractivity contribution >= 4 is 17.5 Å². The van der Waals surface area contributed by atoms with Gasteiger partial charge in [-0.25, -0.2) is 14.6 Å². The van der Waals surface area contributed by atoms with Crippen LogP contribution in [0.25, 0.3) is 5.69 Å². The fourth-order valence-electron chi connectivity index (χ4n) is 2.55. The molecule has 0 saturated carbocycles. The third-order valence-corrected chi connectivity index (χ3v) is 3.88. The van der Waals surface area contributed by atoms with Crippen LogP contribution in [0.5, 0.6) is 0 Å². The van der Waals surface area contributed by atoms with Gasteiger partial charge in [0, 0.05) is 51.2 Å². The number of rotatable bonds is 7. The lowest BCUT2D eigenvalue weighted by Gasteiger charge is -2.14. The van der Waals surface area contributed by atoms with Gasteiger partial charge >= 0.3 is 0 Å². The van der Waals surface area contributed by atoms with Gasteiger partial charge in [0.25, 0.3) is 5.91 Å². The normalized spacial score (nSPS) is 10.5. The van der Waals surface area contributed by atoms with E-state index in [4.69, 9.17) is 0 Å². The summed E-state index contributed by atoms with van der Waals surface area (Å²) in [5.74, 6) is 2.15. The summed E-state index contributed by atoms with van der Waals surface area (Å²) in [6, 6.07) is 11.1. The number of amides is 1. The van der Waals surface area contributed by atoms with Gasteiger partial charge < -0.3 is 15.5 Å². The molecule has 0 aliphatic rings. The summed E-state index contributed by atoms with van der Waals surface area (Å²) in [7, 11) is 3.87. The van der Waals surface area contributed by atoms with Crippen molar-refractivity contribution in [3.8, 4) is 5.69 Å². The molecule has 3 aromatic rings. The minimum absolute atomic E-state index is 0.126. The Labute approximate surface area is 158 Å². The second kappa shape index (κ2) is 8.31. The SMILES string of the molecule is Cc1nc(NCCNC(=O)c2cccc(-n3cccn3)c2)cc(N(C)C)n1. The van der Waals surface area contributed by atoms with Crippen LogP contribution in [0.4, 0.5) is 11.6 Å². The molecule has 0 aliphatic carbocycles. The molecule has 8 heteroatoms. The van der Waals surface area contributed by atoms with Crippen molar-refractivity contribution in [3.05, 3.63) is 60.2 Å². The van der Waals surface area contributed by atoms with Crippen LogP contribution in [-0.2, 0) is 0 Å². The highest BCUT2D eigenvalue weighted by Crippen LogP contribution is 2.13. The first-order valence-electron chi connectivity index (χ1n) is 8.68. The fourth-order valence-corrected chi connectivity index (χ4v) is 2.55. The van der Waals surface area contributed by atoms with Crippen molar-refractivity contribution in [2.75, 3.05) is 37.4 Å². The van der Waals surface area contributed by atoms with Crippen LogP contribution in [0, 0.1) is 6.92 Å². The Kier molecular flexibility index (Phi) is 5.65. The summed E-state index contributed by atoms with van der Waals surface area (Å²) in [5, 5.41) is 10.3. The van der Waals surface area contributed by atoms with E-state index in [9.17, 15) is 4.79 Å². The highest BCUT2D eigenvalue weighted by molar-refractivity contribution is 5.94. The average Bonchev–Trinajstić information content (AvgIpc) is 3.19. The second-order valence-corrected chi connectivity index (χ2v) is 6.24. The average molecular weight is 365 g/mol. The van der Waals surface area contributed by atoms with Crippen molar-refractivity contribution in [1.29, 1.82) is 0 Å². The van der Waals surface area contributed by atoms with E-state index >= 15 is 0 Å². The minimum atomic E-state index is -0.126. The predicted octanol–water partition coefficient (Wildman–Crippen LogP) is 1.88. The van der Waals surface area contributed by atoms with Crippen molar-refractivity contribution < 1.29 is 4.79 Å². The predicted molar refractivity (Wildman–Crippen MR) is 105 cm³/mol. The monoisotopic (exact) mass is 365 g/mol. The summed E-state index contributed by atoms with van der Waals surface area (Å²) < 4.78 is 1.72. The number of carbonyl (C=O) groups excluding carboxylic acids is 1. The molecule has 27 heavy (non-hydrogen) atoms. The highest BCUT2D eigenvalue weighted by atomic mass is 16.1. The molecule has 3 rings (SSSR count). The number of anilines is 2. The molecule has 0 radical (unpaired) electrons. The number of nitrogens with zero attached hydrogens (tertiary/aromatic N) is 5. The molecule has 0 atom stereocenters. The lowest BCUT2D eigenvalue weighted by Crippen LogP contribution is -2.29. The van der Waals surface area contributed by atoms with E-state index in [2.05, 4.69) is 25.7 Å². The van der Waals surface area contributed by atoms with E-state index in [1.807, 2.05) is 62.4 Å². The number of hydrogen-bond donors (Lipinski definition) is 2. The Hall–Kier alpha value is -3.42. The lowest BCUT2D eigenvalue weighted by molar-refractivity contribution is 0.0955. The Morgan fingerprint density at radius 1 is 1.15 bits per heavy atom. The first-order chi connectivity index (χ1) is 13.0. The van der Waals surface area contributed by atoms with Gasteiger partial charge in [0.05, 0.1) is 5.69 Å². The number of hydrogen-bond acceptors (Lipinski definition) is 6. The first-order valence-corrected chi connectivity index (χ1v) is 8.68. The van der Waals surface area contributed by atoms with Gasteiger partial charge in [0.2, 0.25) is 0 Å². The van der Waals surface area contributed by atoms with E-state index in [1.165, 1.54) is 0 Å². The van der Waals surface area contributed by atoms with Crippen LogP contribution in [0.3, 0.4) is 0 Å². The summed E-state index contributed by atoms with van der Waals surface area (Å²) in [4.78, 5) is 23.0. The Morgan fingerprint density at radius 3 is 2.74 bits per heavy atom. The van der Waals surface area contributed by atoms with E-state index in [0.29, 0.717) is 24.5 Å². The quantitative estimate of drug-likeness (QED) is 0.622. The molecule has 1 amide bonds. The van der Waals surface area contributed by atoms with Crippen LogP contribution in [0.15, 0.2) is 48.8 Å². The molecule has 0 fully saturated rings. The van der Waals surface area contributed by atoms with Gasteiger partial charge in [-0.1, -0.05) is 6.07 Å². The smallest absolute Gasteiger partial charge is 0.251 e. The van der Waals surface area contributed by atoms with Crippen LogP contribution in [0.2, 0.25) is 0 Å². The summed E-state index contributed by atoms with van der Waals surface area (Å²) >= 11 is 0. The maximum absolute atomic E-state index is 12.4. The van der Waals surface area contributed by atoms with Gasteiger partial charge in [-0.05, 0) is 31.2 Å². The zero-order valence-corrected chi connectivity index (χ0v) is 15.7. The molecule has 0 saturated heterocycles. The molecule has 0 unspecified atom stereocenters. The maximum Gasteiger partial charge on any atom is 0.251 e. The molecule has 140 valence electrons. The second-order valence-electron chi connectivity index (χ2n) is 6.24. The molecule has 2 aromatic heterocycles.